The van der Waals surface area contributed by atoms with Crippen LogP contribution in [0, 0.1) is 0 Å². The maximum atomic E-state index is 12.7. The van der Waals surface area contributed by atoms with Gasteiger partial charge in [0.25, 0.3) is 11.1 Å². The number of piperazine rings is 1. The molecule has 2 aromatic heterocycles. The van der Waals surface area contributed by atoms with Crippen molar-refractivity contribution in [2.75, 3.05) is 31.9 Å². The fraction of sp³-hybridized carbons (Fsp3) is 0.261. The number of hydrogen-bond donors (Lipinski definition) is 0. The molecule has 9 heteroatoms. The van der Waals surface area contributed by atoms with Crippen LogP contribution >= 0.6 is 34.7 Å². The lowest BCUT2D eigenvalue weighted by atomic mass is 10.2. The fourth-order valence-electron chi connectivity index (χ4n) is 3.72. The summed E-state index contributed by atoms with van der Waals surface area (Å²) in [4.78, 5) is 17.7. The number of aromatic nitrogens is 2. The van der Waals surface area contributed by atoms with Gasteiger partial charge in [0.2, 0.25) is 5.91 Å². The molecule has 1 amide bonds. The lowest BCUT2D eigenvalue weighted by Gasteiger charge is -2.34. The highest BCUT2D eigenvalue weighted by Crippen LogP contribution is 2.41. The van der Waals surface area contributed by atoms with Crippen LogP contribution in [0.4, 0.5) is 0 Å². The number of carbonyl (C=O) groups is 1. The molecule has 1 fully saturated rings. The Labute approximate surface area is 199 Å². The average molecular weight is 485 g/mol. The van der Waals surface area contributed by atoms with Crippen molar-refractivity contribution in [2.24, 2.45) is 0 Å². The minimum atomic E-state index is 0.0917. The second kappa shape index (κ2) is 9.62. The van der Waals surface area contributed by atoms with Crippen LogP contribution < -0.4 is 0 Å². The Kier molecular flexibility index (Phi) is 6.45. The lowest BCUT2D eigenvalue weighted by molar-refractivity contribution is -0.130. The zero-order valence-electron chi connectivity index (χ0n) is 17.2. The maximum absolute atomic E-state index is 12.7. The molecule has 0 bridgehead atoms. The Balaban J connectivity index is 1.14. The topological polar surface area (TPSA) is 62.5 Å². The first-order chi connectivity index (χ1) is 15.7. The largest absolute Gasteiger partial charge is 0.410 e. The first-order valence-corrected chi connectivity index (χ1v) is 12.5. The first-order valence-electron chi connectivity index (χ1n) is 10.3. The normalized spacial score (nSPS) is 14.8. The van der Waals surface area contributed by atoms with E-state index >= 15 is 0 Å². The lowest BCUT2D eigenvalue weighted by Crippen LogP contribution is -2.48. The summed E-state index contributed by atoms with van der Waals surface area (Å²) in [7, 11) is 0. The molecule has 1 aliphatic heterocycles. The van der Waals surface area contributed by atoms with Crippen LogP contribution in [0.15, 0.2) is 64.2 Å². The third kappa shape index (κ3) is 4.68. The number of rotatable bonds is 6. The van der Waals surface area contributed by atoms with Gasteiger partial charge in [-0.1, -0.05) is 71.9 Å². The van der Waals surface area contributed by atoms with Crippen LogP contribution in [0.2, 0.25) is 5.02 Å². The quantitative estimate of drug-likeness (QED) is 0.357. The highest BCUT2D eigenvalue weighted by molar-refractivity contribution is 7.99. The number of halogens is 1. The average Bonchev–Trinajstić information content (AvgIpc) is 3.43. The molecule has 0 spiro atoms. The van der Waals surface area contributed by atoms with Gasteiger partial charge in [-0.2, -0.15) is 0 Å². The highest BCUT2D eigenvalue weighted by atomic mass is 35.5. The van der Waals surface area contributed by atoms with Gasteiger partial charge >= 0.3 is 0 Å². The molecule has 2 aromatic carbocycles. The van der Waals surface area contributed by atoms with Crippen molar-refractivity contribution in [1.29, 1.82) is 0 Å². The number of fused-ring (bicyclic) bond motifs is 1. The second-order valence-electron chi connectivity index (χ2n) is 7.55. The van der Waals surface area contributed by atoms with E-state index in [1.54, 1.807) is 0 Å². The molecule has 0 unspecified atom stereocenters. The molecule has 6 nitrogen and oxygen atoms in total. The van der Waals surface area contributed by atoms with Gasteiger partial charge in [0.05, 0.1) is 10.8 Å². The van der Waals surface area contributed by atoms with Crippen molar-refractivity contribution < 1.29 is 9.21 Å². The first kappa shape index (κ1) is 21.5. The molecule has 4 aromatic rings. The third-order valence-corrected chi connectivity index (χ3v) is 7.90. The number of benzene rings is 2. The van der Waals surface area contributed by atoms with Crippen LogP contribution in [-0.4, -0.2) is 57.8 Å². The Hall–Kier alpha value is -2.39. The number of hydrogen-bond acceptors (Lipinski definition) is 7. The monoisotopic (exact) mass is 484 g/mol. The summed E-state index contributed by atoms with van der Waals surface area (Å²) >= 11 is 9.29. The van der Waals surface area contributed by atoms with Crippen LogP contribution in [0.25, 0.3) is 20.9 Å². The number of thiophene rings is 1. The third-order valence-electron chi connectivity index (χ3n) is 5.43. The van der Waals surface area contributed by atoms with Gasteiger partial charge in [0.15, 0.2) is 0 Å². The maximum Gasteiger partial charge on any atom is 0.277 e. The summed E-state index contributed by atoms with van der Waals surface area (Å²) in [6.07, 6.45) is 0. The van der Waals surface area contributed by atoms with Gasteiger partial charge in [-0.25, -0.2) is 0 Å². The molecule has 3 heterocycles. The summed E-state index contributed by atoms with van der Waals surface area (Å²) in [6.45, 7) is 4.14. The number of carbonyl (C=O) groups excluding carboxylic acids is 1. The van der Waals surface area contributed by atoms with E-state index in [1.165, 1.54) is 28.7 Å². The summed E-state index contributed by atoms with van der Waals surface area (Å²) in [5.74, 6) is 0.759. The van der Waals surface area contributed by atoms with Gasteiger partial charge in [-0.05, 0) is 11.6 Å². The SMILES string of the molecule is O=C(CSc1nnc(-c2sc3ccccc3c2Cl)o1)N1CCN(Cc2ccccc2)CC1. The van der Waals surface area contributed by atoms with Crippen molar-refractivity contribution in [3.8, 4) is 10.8 Å². The molecule has 1 aliphatic rings. The van der Waals surface area contributed by atoms with Crippen LogP contribution in [0.3, 0.4) is 0 Å². The van der Waals surface area contributed by atoms with E-state index in [0.29, 0.717) is 16.1 Å². The standard InChI is InChI=1S/C23H21ClN4O2S2/c24-20-17-8-4-5-9-18(17)32-21(20)22-25-26-23(30-22)31-15-19(29)28-12-10-27(11-13-28)14-16-6-2-1-3-7-16/h1-9H,10-15H2. The van der Waals surface area contributed by atoms with Crippen LogP contribution in [0.1, 0.15) is 5.56 Å². The Morgan fingerprint density at radius 3 is 2.56 bits per heavy atom. The van der Waals surface area contributed by atoms with Gasteiger partial charge in [-0.15, -0.1) is 21.5 Å². The predicted octanol–water partition coefficient (Wildman–Crippen LogP) is 5.04. The van der Waals surface area contributed by atoms with Crippen LogP contribution in [0.5, 0.6) is 0 Å². The van der Waals surface area contributed by atoms with Crippen molar-refractivity contribution in [2.45, 2.75) is 11.8 Å². The van der Waals surface area contributed by atoms with E-state index in [2.05, 4.69) is 39.4 Å². The fourth-order valence-corrected chi connectivity index (χ4v) is 5.82. The Morgan fingerprint density at radius 2 is 1.78 bits per heavy atom. The molecule has 1 saturated heterocycles. The van der Waals surface area contributed by atoms with Crippen molar-refractivity contribution >= 4 is 50.7 Å². The highest BCUT2D eigenvalue weighted by Gasteiger charge is 2.23. The summed E-state index contributed by atoms with van der Waals surface area (Å²) in [5.41, 5.74) is 1.30. The molecular weight excluding hydrogens is 464 g/mol. The minimum absolute atomic E-state index is 0.0917. The van der Waals surface area contributed by atoms with Gasteiger partial charge in [0.1, 0.15) is 4.88 Å². The van der Waals surface area contributed by atoms with E-state index < -0.39 is 0 Å². The molecule has 32 heavy (non-hydrogen) atoms. The molecule has 0 aliphatic carbocycles. The zero-order chi connectivity index (χ0) is 21.9. The van der Waals surface area contributed by atoms with Gasteiger partial charge < -0.3 is 9.32 Å². The molecule has 5 rings (SSSR count). The smallest absolute Gasteiger partial charge is 0.277 e. The molecule has 0 atom stereocenters. The molecule has 0 N–H and O–H groups in total. The molecule has 0 radical (unpaired) electrons. The van der Waals surface area contributed by atoms with E-state index in [9.17, 15) is 4.79 Å². The molecular formula is C23H21ClN4O2S2. The van der Waals surface area contributed by atoms with E-state index in [1.807, 2.05) is 35.2 Å². The van der Waals surface area contributed by atoms with Gasteiger partial charge in [-0.3, -0.25) is 9.69 Å². The number of nitrogens with zero attached hydrogens (tertiary/aromatic N) is 4. The van der Waals surface area contributed by atoms with E-state index in [4.69, 9.17) is 16.0 Å². The summed E-state index contributed by atoms with van der Waals surface area (Å²) in [6, 6.07) is 18.3. The minimum Gasteiger partial charge on any atom is -0.410 e. The van der Waals surface area contributed by atoms with E-state index in [0.717, 1.165) is 47.7 Å². The zero-order valence-corrected chi connectivity index (χ0v) is 19.6. The second-order valence-corrected chi connectivity index (χ2v) is 9.90. The van der Waals surface area contributed by atoms with Crippen molar-refractivity contribution in [3.05, 3.63) is 65.2 Å². The number of amides is 1. The van der Waals surface area contributed by atoms with Gasteiger partial charge in [0, 0.05) is 42.8 Å². The molecule has 0 saturated carbocycles. The molecule has 164 valence electrons. The van der Waals surface area contributed by atoms with E-state index in [-0.39, 0.29) is 11.7 Å². The van der Waals surface area contributed by atoms with Crippen molar-refractivity contribution in [3.63, 3.8) is 0 Å². The Morgan fingerprint density at radius 1 is 1.03 bits per heavy atom. The number of thioether (sulfide) groups is 1. The Bertz CT molecular complexity index is 1220. The summed E-state index contributed by atoms with van der Waals surface area (Å²) < 4.78 is 6.86. The summed E-state index contributed by atoms with van der Waals surface area (Å²) in [5, 5.41) is 10.2. The van der Waals surface area contributed by atoms with Crippen molar-refractivity contribution in [1.82, 2.24) is 20.0 Å². The predicted molar refractivity (Wildman–Crippen MR) is 129 cm³/mol. The van der Waals surface area contributed by atoms with Crippen LogP contribution in [-0.2, 0) is 11.3 Å².